The molecule has 1 atom stereocenters. The zero-order valence-corrected chi connectivity index (χ0v) is 15.6. The lowest BCUT2D eigenvalue weighted by Gasteiger charge is -2.32. The summed E-state index contributed by atoms with van der Waals surface area (Å²) in [5.74, 6) is 0.445. The number of amides is 1. The number of rotatable bonds is 4. The smallest absolute Gasteiger partial charge is 0.463 e. The average Bonchev–Trinajstić information content (AvgIpc) is 3.09. The Morgan fingerprint density at radius 3 is 2.40 bits per heavy atom. The minimum Gasteiger partial charge on any atom is -0.463 e. The van der Waals surface area contributed by atoms with E-state index < -0.39 is 18.3 Å². The van der Waals surface area contributed by atoms with Gasteiger partial charge in [-0.25, -0.2) is 9.97 Å². The summed E-state index contributed by atoms with van der Waals surface area (Å²) in [4.78, 5) is 21.7. The van der Waals surface area contributed by atoms with Gasteiger partial charge in [0.05, 0.1) is 17.8 Å². The molecule has 25 heavy (non-hydrogen) atoms. The SMILES string of the molecule is CC(=O)N1CC[C@@H](COc2ncc(B3OC(C)(C)C(C)(C)O3)cn2)C1. The number of aromatic nitrogens is 2. The molecule has 136 valence electrons. The molecule has 2 aliphatic rings. The Balaban J connectivity index is 1.54. The maximum atomic E-state index is 11.4. The van der Waals surface area contributed by atoms with E-state index >= 15 is 0 Å². The summed E-state index contributed by atoms with van der Waals surface area (Å²) in [6.07, 6.45) is 4.31. The van der Waals surface area contributed by atoms with E-state index in [9.17, 15) is 4.79 Å². The Hall–Kier alpha value is -1.67. The normalized spacial score (nSPS) is 24.6. The van der Waals surface area contributed by atoms with Crippen molar-refractivity contribution in [3.8, 4) is 6.01 Å². The second-order valence-corrected chi connectivity index (χ2v) is 7.82. The van der Waals surface area contributed by atoms with Gasteiger partial charge in [0.2, 0.25) is 5.91 Å². The summed E-state index contributed by atoms with van der Waals surface area (Å²) >= 11 is 0. The van der Waals surface area contributed by atoms with E-state index in [-0.39, 0.29) is 5.91 Å². The van der Waals surface area contributed by atoms with Crippen molar-refractivity contribution in [3.05, 3.63) is 12.4 Å². The predicted octanol–water partition coefficient (Wildman–Crippen LogP) is 1.02. The maximum absolute atomic E-state index is 11.4. The molecule has 0 bridgehead atoms. The van der Waals surface area contributed by atoms with Crippen LogP contribution in [0.15, 0.2) is 12.4 Å². The van der Waals surface area contributed by atoms with Gasteiger partial charge >= 0.3 is 13.1 Å². The Morgan fingerprint density at radius 1 is 1.28 bits per heavy atom. The summed E-state index contributed by atoms with van der Waals surface area (Å²) in [7, 11) is -0.474. The summed E-state index contributed by atoms with van der Waals surface area (Å²) in [5, 5.41) is 0. The van der Waals surface area contributed by atoms with Gasteiger partial charge < -0.3 is 18.9 Å². The highest BCUT2D eigenvalue weighted by atomic mass is 16.7. The second kappa shape index (κ2) is 6.57. The van der Waals surface area contributed by atoms with E-state index in [2.05, 4.69) is 9.97 Å². The van der Waals surface area contributed by atoms with E-state index in [0.717, 1.165) is 25.0 Å². The first-order valence-electron chi connectivity index (χ1n) is 8.74. The van der Waals surface area contributed by atoms with Crippen LogP contribution >= 0.6 is 0 Å². The van der Waals surface area contributed by atoms with Crippen LogP contribution in [0.25, 0.3) is 0 Å². The molecular formula is C17H26BN3O4. The van der Waals surface area contributed by atoms with Gasteiger partial charge in [-0.3, -0.25) is 4.79 Å². The Labute approximate surface area is 149 Å². The van der Waals surface area contributed by atoms with Crippen molar-refractivity contribution in [2.45, 2.75) is 52.2 Å². The quantitative estimate of drug-likeness (QED) is 0.758. The molecule has 0 spiro atoms. The molecule has 0 N–H and O–H groups in total. The number of carbonyl (C=O) groups is 1. The van der Waals surface area contributed by atoms with Crippen molar-refractivity contribution < 1.29 is 18.8 Å². The Bertz CT molecular complexity index is 619. The minimum absolute atomic E-state index is 0.116. The largest absolute Gasteiger partial charge is 0.498 e. The first-order valence-corrected chi connectivity index (χ1v) is 8.74. The number of likely N-dealkylation sites (tertiary alicyclic amines) is 1. The summed E-state index contributed by atoms with van der Waals surface area (Å²) in [6, 6.07) is 0.335. The van der Waals surface area contributed by atoms with E-state index in [1.807, 2.05) is 32.6 Å². The van der Waals surface area contributed by atoms with Gasteiger partial charge in [0.15, 0.2) is 0 Å². The van der Waals surface area contributed by atoms with Crippen LogP contribution in [0.2, 0.25) is 0 Å². The van der Waals surface area contributed by atoms with E-state index in [1.54, 1.807) is 19.3 Å². The molecule has 0 aliphatic carbocycles. The van der Waals surface area contributed by atoms with E-state index in [4.69, 9.17) is 14.0 Å². The lowest BCUT2D eigenvalue weighted by atomic mass is 9.81. The molecule has 0 saturated carbocycles. The van der Waals surface area contributed by atoms with Crippen LogP contribution < -0.4 is 10.2 Å². The highest BCUT2D eigenvalue weighted by molar-refractivity contribution is 6.61. The molecule has 0 radical (unpaired) electrons. The van der Waals surface area contributed by atoms with Gasteiger partial charge in [0.25, 0.3) is 0 Å². The highest BCUT2D eigenvalue weighted by Gasteiger charge is 2.51. The Morgan fingerprint density at radius 2 is 1.88 bits per heavy atom. The molecule has 2 aliphatic heterocycles. The fourth-order valence-corrected chi connectivity index (χ4v) is 2.95. The van der Waals surface area contributed by atoms with Gasteiger partial charge in [-0.15, -0.1) is 0 Å². The molecule has 0 aromatic carbocycles. The summed E-state index contributed by atoms with van der Waals surface area (Å²) in [6.45, 7) is 11.7. The van der Waals surface area contributed by atoms with Crippen LogP contribution in [-0.2, 0) is 14.1 Å². The van der Waals surface area contributed by atoms with Crippen molar-refractivity contribution in [2.75, 3.05) is 19.7 Å². The molecule has 1 aromatic heterocycles. The van der Waals surface area contributed by atoms with Crippen molar-refractivity contribution in [2.24, 2.45) is 5.92 Å². The van der Waals surface area contributed by atoms with Crippen LogP contribution in [0.4, 0.5) is 0 Å². The molecule has 1 amide bonds. The molecule has 2 fully saturated rings. The van der Waals surface area contributed by atoms with Gasteiger partial charge in [-0.2, -0.15) is 0 Å². The van der Waals surface area contributed by atoms with Gasteiger partial charge in [0, 0.05) is 43.8 Å². The van der Waals surface area contributed by atoms with Crippen LogP contribution in [0.5, 0.6) is 6.01 Å². The molecule has 2 saturated heterocycles. The lowest BCUT2D eigenvalue weighted by molar-refractivity contribution is -0.127. The van der Waals surface area contributed by atoms with E-state index in [1.165, 1.54) is 0 Å². The van der Waals surface area contributed by atoms with Crippen LogP contribution in [0.3, 0.4) is 0 Å². The fraction of sp³-hybridized carbons (Fsp3) is 0.706. The summed E-state index contributed by atoms with van der Waals surface area (Å²) in [5.41, 5.74) is -0.00915. The second-order valence-electron chi connectivity index (χ2n) is 7.82. The Kier molecular flexibility index (Phi) is 4.77. The molecule has 3 rings (SSSR count). The van der Waals surface area contributed by atoms with Crippen molar-refractivity contribution in [1.29, 1.82) is 0 Å². The first-order chi connectivity index (χ1) is 11.7. The number of ether oxygens (including phenoxy) is 1. The van der Waals surface area contributed by atoms with Gasteiger partial charge in [0.1, 0.15) is 0 Å². The van der Waals surface area contributed by atoms with Crippen LogP contribution in [-0.4, -0.2) is 58.8 Å². The van der Waals surface area contributed by atoms with E-state index in [0.29, 0.717) is 18.5 Å². The third kappa shape index (κ3) is 3.79. The van der Waals surface area contributed by atoms with Crippen molar-refractivity contribution >= 4 is 18.5 Å². The fourth-order valence-electron chi connectivity index (χ4n) is 2.95. The monoisotopic (exact) mass is 347 g/mol. The topological polar surface area (TPSA) is 73.8 Å². The number of hydrogen-bond donors (Lipinski definition) is 0. The third-order valence-electron chi connectivity index (χ3n) is 5.35. The average molecular weight is 347 g/mol. The minimum atomic E-state index is -0.474. The van der Waals surface area contributed by atoms with Crippen LogP contribution in [0, 0.1) is 5.92 Å². The predicted molar refractivity (Wildman–Crippen MR) is 93.6 cm³/mol. The lowest BCUT2D eigenvalue weighted by Crippen LogP contribution is -2.41. The zero-order valence-electron chi connectivity index (χ0n) is 15.6. The molecule has 7 nitrogen and oxygen atoms in total. The van der Waals surface area contributed by atoms with Crippen LogP contribution in [0.1, 0.15) is 41.0 Å². The van der Waals surface area contributed by atoms with Crippen molar-refractivity contribution in [1.82, 2.24) is 14.9 Å². The maximum Gasteiger partial charge on any atom is 0.498 e. The number of carbonyl (C=O) groups excluding carboxylic acids is 1. The molecular weight excluding hydrogens is 321 g/mol. The molecule has 0 unspecified atom stereocenters. The van der Waals surface area contributed by atoms with Gasteiger partial charge in [-0.1, -0.05) is 0 Å². The third-order valence-corrected chi connectivity index (χ3v) is 5.35. The van der Waals surface area contributed by atoms with Gasteiger partial charge in [-0.05, 0) is 34.1 Å². The number of hydrogen-bond acceptors (Lipinski definition) is 6. The number of nitrogens with zero attached hydrogens (tertiary/aromatic N) is 3. The van der Waals surface area contributed by atoms with Crippen molar-refractivity contribution in [3.63, 3.8) is 0 Å². The zero-order chi connectivity index (χ0) is 18.2. The standard InChI is InChI=1S/C17H26BN3O4/c1-12(22)21-7-6-13(10-21)11-23-15-19-8-14(9-20-15)18-24-16(2,3)17(4,5)25-18/h8-9,13H,6-7,10-11H2,1-5H3/t13-/m1/s1. The first kappa shape index (κ1) is 18.1. The molecule has 1 aromatic rings. The molecule has 3 heterocycles. The highest BCUT2D eigenvalue weighted by Crippen LogP contribution is 2.36. The molecule has 8 heteroatoms. The summed E-state index contributed by atoms with van der Waals surface area (Å²) < 4.78 is 17.6.